The zero-order valence-electron chi connectivity index (χ0n) is 9.73. The summed E-state index contributed by atoms with van der Waals surface area (Å²) in [7, 11) is -15.0. The largest absolute Gasteiger partial charge is 1.00 e. The molecule has 18 heteroatoms. The molecule has 0 saturated carbocycles. The summed E-state index contributed by atoms with van der Waals surface area (Å²) in [5, 5.41) is -13.9. The van der Waals surface area contributed by atoms with Crippen LogP contribution in [0.25, 0.3) is 0 Å². The molecule has 0 saturated heterocycles. The molecule has 0 amide bonds. The molecule has 0 aromatic carbocycles. The number of sulfonamides is 2. The van der Waals surface area contributed by atoms with Crippen LogP contribution in [0.3, 0.4) is 0 Å². The third kappa shape index (κ3) is 3.99. The minimum atomic E-state index is -7.49. The van der Waals surface area contributed by atoms with Gasteiger partial charge in [-0.05, 0) is 0 Å². The van der Waals surface area contributed by atoms with Gasteiger partial charge in [-0.1, -0.05) is 4.13 Å². The van der Waals surface area contributed by atoms with Crippen LogP contribution in [0.4, 0.5) is 43.9 Å². The van der Waals surface area contributed by atoms with Gasteiger partial charge in [0.1, 0.15) is 0 Å². The molecule has 0 aromatic heterocycles. The van der Waals surface area contributed by atoms with Crippen LogP contribution in [0, 0.1) is 0 Å². The number of alkyl halides is 10. The smallest absolute Gasteiger partial charge is 0.205 e. The maximum Gasteiger partial charge on any atom is 1.00 e. The monoisotopic (exact) mass is 388 g/mol. The Morgan fingerprint density at radius 3 is 0.864 bits per heavy atom. The van der Waals surface area contributed by atoms with Crippen LogP contribution in [0.2, 0.25) is 0 Å². The quantitative estimate of drug-likeness (QED) is 0.472. The van der Waals surface area contributed by atoms with Crippen molar-refractivity contribution in [1.82, 2.24) is 4.13 Å². The van der Waals surface area contributed by atoms with Crippen molar-refractivity contribution in [2.75, 3.05) is 0 Å². The Morgan fingerprint density at radius 2 is 0.727 bits per heavy atom. The van der Waals surface area contributed by atoms with Crippen molar-refractivity contribution in [1.29, 1.82) is 0 Å². The third-order valence-electron chi connectivity index (χ3n) is 1.55. The van der Waals surface area contributed by atoms with Crippen LogP contribution in [0.15, 0.2) is 0 Å². The molecule has 1 N–H and O–H groups in total. The van der Waals surface area contributed by atoms with Crippen LogP contribution in [-0.2, 0) is 20.0 Å². The molecule has 0 heterocycles. The molecule has 0 bridgehead atoms. The maximum absolute atomic E-state index is 12.4. The maximum atomic E-state index is 12.4. The minimum Gasteiger partial charge on any atom is -0.205 e. The second-order valence-corrected chi connectivity index (χ2v) is 6.83. The molecule has 0 fully saturated rings. The van der Waals surface area contributed by atoms with Crippen molar-refractivity contribution in [3.63, 3.8) is 0 Å². The van der Waals surface area contributed by atoms with Crippen molar-refractivity contribution in [2.24, 2.45) is 0 Å². The van der Waals surface area contributed by atoms with Crippen LogP contribution in [0.1, 0.15) is 0 Å². The van der Waals surface area contributed by atoms with E-state index < -0.39 is 47.0 Å². The number of hydrogen-bond donors (Lipinski definition) is 1. The fourth-order valence-corrected chi connectivity index (χ4v) is 3.16. The minimum absolute atomic E-state index is 0. The summed E-state index contributed by atoms with van der Waals surface area (Å²) in [6.07, 6.45) is -13.9. The number of rotatable bonds is 4. The van der Waals surface area contributed by atoms with Gasteiger partial charge in [-0.25, -0.2) is 16.8 Å². The van der Waals surface area contributed by atoms with Gasteiger partial charge in [-0.2, -0.15) is 43.9 Å². The zero-order valence-corrected chi connectivity index (χ0v) is 11.4. The van der Waals surface area contributed by atoms with Gasteiger partial charge >= 0.3 is 41.7 Å². The summed E-state index contributed by atoms with van der Waals surface area (Å²) in [6, 6.07) is 0. The standard InChI is InChI=1S/C4HF10NO4S2.Li/c5-1(6,7)3(11,12)20(16,17)15-21(18,19)4(13,14)2(8,9)10;/h15H;/q;+1. The van der Waals surface area contributed by atoms with E-state index in [2.05, 4.69) is 0 Å². The first-order valence-corrected chi connectivity index (χ1v) is 6.84. The number of halogens is 10. The second-order valence-electron chi connectivity index (χ2n) is 3.12. The fraction of sp³-hybridized carbons (Fsp3) is 1.00. The Bertz CT molecular complexity index is 550. The van der Waals surface area contributed by atoms with Crippen LogP contribution in [0.5, 0.6) is 0 Å². The van der Waals surface area contributed by atoms with E-state index in [1.165, 1.54) is 0 Å². The normalized spacial score (nSPS) is 15.4. The zero-order chi connectivity index (χ0) is 17.7. The van der Waals surface area contributed by atoms with Gasteiger partial charge in [0, 0.05) is 0 Å². The van der Waals surface area contributed by atoms with E-state index in [1.807, 2.05) is 0 Å². The van der Waals surface area contributed by atoms with E-state index in [4.69, 9.17) is 0 Å². The van der Waals surface area contributed by atoms with E-state index >= 15 is 0 Å². The van der Waals surface area contributed by atoms with E-state index in [0.717, 1.165) is 0 Å². The Kier molecular flexibility index (Phi) is 6.55. The molecule has 0 spiro atoms. The molecule has 0 rings (SSSR count). The summed E-state index contributed by atoms with van der Waals surface area (Å²) < 4.78 is 160. The molecule has 22 heavy (non-hydrogen) atoms. The molecular weight excluding hydrogens is 387 g/mol. The predicted octanol–water partition coefficient (Wildman–Crippen LogP) is -1.45. The van der Waals surface area contributed by atoms with Crippen molar-refractivity contribution in [3.05, 3.63) is 0 Å². The van der Waals surface area contributed by atoms with Gasteiger partial charge in [0.2, 0.25) is 0 Å². The second kappa shape index (κ2) is 6.00. The van der Waals surface area contributed by atoms with E-state index in [1.54, 1.807) is 0 Å². The van der Waals surface area contributed by atoms with Gasteiger partial charge < -0.3 is 0 Å². The van der Waals surface area contributed by atoms with E-state index in [-0.39, 0.29) is 18.9 Å². The average Bonchev–Trinajstić information content (AvgIpc) is 2.11. The Hall–Kier alpha value is -0.243. The Labute approximate surface area is 127 Å². The fourth-order valence-electron chi connectivity index (χ4n) is 0.554. The predicted molar refractivity (Wildman–Crippen MR) is 43.0 cm³/mol. The van der Waals surface area contributed by atoms with Crippen molar-refractivity contribution in [2.45, 2.75) is 22.9 Å². The number of hydrogen-bond acceptors (Lipinski definition) is 4. The topological polar surface area (TPSA) is 80.3 Å². The SMILES string of the molecule is O=S(=O)(NS(=O)(=O)C(F)(F)C(F)(F)F)C(F)(F)C(F)(F)F.[Li+]. The van der Waals surface area contributed by atoms with Crippen LogP contribution in [-0.4, -0.2) is 39.7 Å². The molecule has 0 aromatic rings. The summed E-state index contributed by atoms with van der Waals surface area (Å²) >= 11 is 0. The summed E-state index contributed by atoms with van der Waals surface area (Å²) in [5.74, 6) is 0. The first kappa shape index (κ1) is 24.0. The molecule has 0 aliphatic heterocycles. The summed E-state index contributed by atoms with van der Waals surface area (Å²) in [4.78, 5) is 0. The first-order chi connectivity index (χ1) is 8.71. The Morgan fingerprint density at radius 1 is 0.545 bits per heavy atom. The summed E-state index contributed by atoms with van der Waals surface area (Å²) in [6.45, 7) is 0. The molecule has 0 atom stereocenters. The molecule has 0 aliphatic carbocycles. The van der Waals surface area contributed by atoms with E-state index in [9.17, 15) is 60.7 Å². The molecular formula is C4HF10LiNO4S2+. The number of nitrogens with one attached hydrogen (secondary N) is 1. The van der Waals surface area contributed by atoms with Gasteiger partial charge in [0.25, 0.3) is 20.0 Å². The summed E-state index contributed by atoms with van der Waals surface area (Å²) in [5.41, 5.74) is 0. The van der Waals surface area contributed by atoms with Gasteiger partial charge in [0.05, 0.1) is 0 Å². The molecule has 0 unspecified atom stereocenters. The van der Waals surface area contributed by atoms with Crippen LogP contribution >= 0.6 is 0 Å². The van der Waals surface area contributed by atoms with E-state index in [0.29, 0.717) is 0 Å². The van der Waals surface area contributed by atoms with Crippen LogP contribution < -0.4 is 23.0 Å². The van der Waals surface area contributed by atoms with Crippen molar-refractivity contribution >= 4 is 20.0 Å². The third-order valence-corrected chi connectivity index (χ3v) is 5.12. The first-order valence-electron chi connectivity index (χ1n) is 3.87. The molecule has 0 aliphatic rings. The van der Waals surface area contributed by atoms with Gasteiger partial charge in [0.15, 0.2) is 0 Å². The Balaban J connectivity index is 0. The molecule has 5 nitrogen and oxygen atoms in total. The van der Waals surface area contributed by atoms with Gasteiger partial charge in [-0.3, -0.25) is 0 Å². The van der Waals surface area contributed by atoms with Crippen molar-refractivity contribution < 1.29 is 79.6 Å². The van der Waals surface area contributed by atoms with Gasteiger partial charge in [-0.15, -0.1) is 0 Å². The van der Waals surface area contributed by atoms with Crippen molar-refractivity contribution in [3.8, 4) is 0 Å². The molecule has 0 radical (unpaired) electrons. The average molecular weight is 388 g/mol. The molecule has 128 valence electrons.